The van der Waals surface area contributed by atoms with Crippen molar-refractivity contribution in [2.24, 2.45) is 0 Å². The summed E-state index contributed by atoms with van der Waals surface area (Å²) >= 11 is 0. The fourth-order valence-electron chi connectivity index (χ4n) is 3.32. The van der Waals surface area contributed by atoms with Crippen LogP contribution in [0, 0.1) is 0 Å². The third-order valence-corrected chi connectivity index (χ3v) is 5.43. The van der Waals surface area contributed by atoms with Crippen LogP contribution in [0.25, 0.3) is 6.08 Å². The topological polar surface area (TPSA) is 35.5 Å². The van der Waals surface area contributed by atoms with Crippen LogP contribution in [0.1, 0.15) is 81.8 Å². The lowest BCUT2D eigenvalue weighted by Gasteiger charge is -2.18. The normalized spacial score (nSPS) is 11.4. The van der Waals surface area contributed by atoms with Gasteiger partial charge in [-0.3, -0.25) is 4.79 Å². The van der Waals surface area contributed by atoms with Crippen LogP contribution in [0.2, 0.25) is 0 Å². The molecule has 0 amide bonds. The van der Waals surface area contributed by atoms with Gasteiger partial charge in [0, 0.05) is 11.1 Å². The molecule has 0 fully saturated rings. The fraction of sp³-hybridized carbons (Fsp3) is 0.444. The van der Waals surface area contributed by atoms with E-state index in [-0.39, 0.29) is 18.0 Å². The Morgan fingerprint density at radius 1 is 0.867 bits per heavy atom. The van der Waals surface area contributed by atoms with Crippen LogP contribution >= 0.6 is 0 Å². The van der Waals surface area contributed by atoms with Crippen LogP contribution in [0.15, 0.2) is 48.5 Å². The van der Waals surface area contributed by atoms with E-state index in [1.165, 1.54) is 5.56 Å². The van der Waals surface area contributed by atoms with E-state index in [9.17, 15) is 4.79 Å². The van der Waals surface area contributed by atoms with Gasteiger partial charge in [-0.15, -0.1) is 0 Å². The number of hydrogen-bond donors (Lipinski definition) is 0. The van der Waals surface area contributed by atoms with E-state index in [1.54, 1.807) is 6.08 Å². The highest BCUT2D eigenvalue weighted by molar-refractivity contribution is 6.07. The van der Waals surface area contributed by atoms with Gasteiger partial charge in [0.2, 0.25) is 0 Å². The first-order valence-electron chi connectivity index (χ1n) is 11.3. The Kier molecular flexibility index (Phi) is 9.66. The van der Waals surface area contributed by atoms with E-state index in [2.05, 4.69) is 46.8 Å². The van der Waals surface area contributed by atoms with Crippen molar-refractivity contribution in [3.63, 3.8) is 0 Å². The van der Waals surface area contributed by atoms with Crippen LogP contribution in [0.4, 0.5) is 0 Å². The van der Waals surface area contributed by atoms with Gasteiger partial charge in [-0.1, -0.05) is 52.8 Å². The fourth-order valence-corrected chi connectivity index (χ4v) is 3.32. The first kappa shape index (κ1) is 23.7. The second-order valence-corrected chi connectivity index (χ2v) is 7.56. The van der Waals surface area contributed by atoms with E-state index in [0.29, 0.717) is 5.56 Å². The number of aryl methyl sites for hydroxylation is 1. The van der Waals surface area contributed by atoms with Gasteiger partial charge in [0.25, 0.3) is 0 Å². The molecule has 0 aliphatic rings. The SMILES string of the molecule is CCc1ccc(OC(CC)CC)c(C=CC(=O)c2cccc(OC(CC)CC)c2)c1. The molecule has 0 heterocycles. The van der Waals surface area contributed by atoms with E-state index >= 15 is 0 Å². The molecule has 2 rings (SSSR count). The lowest BCUT2D eigenvalue weighted by Crippen LogP contribution is -2.14. The molecule has 0 radical (unpaired) electrons. The van der Waals surface area contributed by atoms with Crippen LogP contribution in [0.5, 0.6) is 11.5 Å². The molecule has 3 nitrogen and oxygen atoms in total. The molecular formula is C27H36O3. The second kappa shape index (κ2) is 12.2. The van der Waals surface area contributed by atoms with E-state index < -0.39 is 0 Å². The highest BCUT2D eigenvalue weighted by atomic mass is 16.5. The van der Waals surface area contributed by atoms with Gasteiger partial charge in [0.05, 0.1) is 12.2 Å². The third kappa shape index (κ3) is 6.76. The molecule has 2 aromatic carbocycles. The van der Waals surface area contributed by atoms with E-state index in [4.69, 9.17) is 9.47 Å². The van der Waals surface area contributed by atoms with Crippen molar-refractivity contribution < 1.29 is 14.3 Å². The molecular weight excluding hydrogens is 372 g/mol. The van der Waals surface area contributed by atoms with Crippen molar-refractivity contribution in [1.29, 1.82) is 0 Å². The van der Waals surface area contributed by atoms with Crippen molar-refractivity contribution in [2.45, 2.75) is 78.9 Å². The molecule has 2 aromatic rings. The molecule has 0 unspecified atom stereocenters. The number of rotatable bonds is 12. The summed E-state index contributed by atoms with van der Waals surface area (Å²) in [4.78, 5) is 12.8. The first-order valence-corrected chi connectivity index (χ1v) is 11.3. The van der Waals surface area contributed by atoms with Gasteiger partial charge in [-0.2, -0.15) is 0 Å². The van der Waals surface area contributed by atoms with Crippen molar-refractivity contribution in [2.75, 3.05) is 0 Å². The van der Waals surface area contributed by atoms with E-state index in [0.717, 1.165) is 49.2 Å². The maximum Gasteiger partial charge on any atom is 0.185 e. The molecule has 0 aliphatic heterocycles. The summed E-state index contributed by atoms with van der Waals surface area (Å²) < 4.78 is 12.2. The number of allylic oxidation sites excluding steroid dienone is 1. The largest absolute Gasteiger partial charge is 0.490 e. The highest BCUT2D eigenvalue weighted by Gasteiger charge is 2.11. The van der Waals surface area contributed by atoms with Crippen molar-refractivity contribution >= 4 is 11.9 Å². The Bertz CT molecular complexity index is 830. The maximum absolute atomic E-state index is 12.8. The summed E-state index contributed by atoms with van der Waals surface area (Å²) in [6.45, 7) is 10.6. The number of benzene rings is 2. The summed E-state index contributed by atoms with van der Waals surface area (Å²) in [5.74, 6) is 1.53. The van der Waals surface area contributed by atoms with Crippen molar-refractivity contribution in [3.05, 3.63) is 65.2 Å². The molecule has 162 valence electrons. The van der Waals surface area contributed by atoms with Crippen molar-refractivity contribution in [1.82, 2.24) is 0 Å². The third-order valence-electron chi connectivity index (χ3n) is 5.43. The van der Waals surface area contributed by atoms with Crippen LogP contribution in [-0.4, -0.2) is 18.0 Å². The summed E-state index contributed by atoms with van der Waals surface area (Å²) in [5, 5.41) is 0. The predicted octanol–water partition coefficient (Wildman–Crippen LogP) is 7.28. The molecule has 0 aliphatic carbocycles. The van der Waals surface area contributed by atoms with Gasteiger partial charge in [0.15, 0.2) is 5.78 Å². The van der Waals surface area contributed by atoms with Gasteiger partial charge in [-0.25, -0.2) is 0 Å². The number of ether oxygens (including phenoxy) is 2. The van der Waals surface area contributed by atoms with Crippen LogP contribution in [-0.2, 0) is 6.42 Å². The lowest BCUT2D eigenvalue weighted by molar-refractivity contribution is 0.104. The number of ketones is 1. The molecule has 0 atom stereocenters. The van der Waals surface area contributed by atoms with Gasteiger partial charge >= 0.3 is 0 Å². The molecule has 30 heavy (non-hydrogen) atoms. The predicted molar refractivity (Wildman–Crippen MR) is 126 cm³/mol. The molecule has 3 heteroatoms. The summed E-state index contributed by atoms with van der Waals surface area (Å²) in [6.07, 6.45) is 8.60. The molecule has 0 bridgehead atoms. The molecule has 0 N–H and O–H groups in total. The molecule has 0 saturated carbocycles. The Morgan fingerprint density at radius 2 is 1.53 bits per heavy atom. The molecule has 0 spiro atoms. The zero-order valence-corrected chi connectivity index (χ0v) is 19.1. The first-order chi connectivity index (χ1) is 14.5. The van der Waals surface area contributed by atoms with Crippen LogP contribution < -0.4 is 9.47 Å². The standard InChI is InChI=1S/C27H36O3/c1-6-20-14-17-27(30-24(9-4)10-5)22(18-20)15-16-26(28)21-12-11-13-25(19-21)29-23(7-2)8-3/h11-19,23-24H,6-10H2,1-5H3. The average Bonchev–Trinajstić information content (AvgIpc) is 2.79. The number of carbonyl (C=O) groups is 1. The maximum atomic E-state index is 12.8. The van der Waals surface area contributed by atoms with E-state index in [1.807, 2.05) is 36.4 Å². The number of carbonyl (C=O) groups excluding carboxylic acids is 1. The quantitative estimate of drug-likeness (QED) is 0.273. The minimum atomic E-state index is -0.0413. The second-order valence-electron chi connectivity index (χ2n) is 7.56. The summed E-state index contributed by atoms with van der Waals surface area (Å²) in [7, 11) is 0. The smallest absolute Gasteiger partial charge is 0.185 e. The Balaban J connectivity index is 2.23. The molecule has 0 aromatic heterocycles. The Hall–Kier alpha value is -2.55. The highest BCUT2D eigenvalue weighted by Crippen LogP contribution is 2.25. The van der Waals surface area contributed by atoms with Gasteiger partial charge in [-0.05, 0) is 74.1 Å². The zero-order valence-electron chi connectivity index (χ0n) is 19.1. The average molecular weight is 409 g/mol. The van der Waals surface area contributed by atoms with Crippen LogP contribution in [0.3, 0.4) is 0 Å². The zero-order chi connectivity index (χ0) is 21.9. The Morgan fingerprint density at radius 3 is 2.17 bits per heavy atom. The summed E-state index contributed by atoms with van der Waals surface area (Å²) in [6, 6.07) is 13.7. The van der Waals surface area contributed by atoms with Crippen molar-refractivity contribution in [3.8, 4) is 11.5 Å². The van der Waals surface area contributed by atoms with Gasteiger partial charge < -0.3 is 9.47 Å². The summed E-state index contributed by atoms with van der Waals surface area (Å²) in [5.41, 5.74) is 2.79. The molecule has 0 saturated heterocycles. The van der Waals surface area contributed by atoms with Gasteiger partial charge in [0.1, 0.15) is 11.5 Å². The minimum Gasteiger partial charge on any atom is -0.490 e. The minimum absolute atomic E-state index is 0.0413. The number of hydrogen-bond acceptors (Lipinski definition) is 3. The Labute approximate surface area is 182 Å². The lowest BCUT2D eigenvalue weighted by atomic mass is 10.0. The monoisotopic (exact) mass is 408 g/mol.